The smallest absolute Gasteiger partial charge is 0.168 e. The summed E-state index contributed by atoms with van der Waals surface area (Å²) in [5, 5.41) is 20.2. The minimum Gasteiger partial charge on any atom is -0.393 e. The van der Waals surface area contributed by atoms with Gasteiger partial charge in [-0.25, -0.2) is 0 Å². The summed E-state index contributed by atoms with van der Waals surface area (Å²) in [5.41, 5.74) is 1.42. The maximum Gasteiger partial charge on any atom is 0.168 e. The van der Waals surface area contributed by atoms with Gasteiger partial charge in [0.05, 0.1) is 12.2 Å². The van der Waals surface area contributed by atoms with E-state index in [0.717, 1.165) is 19.3 Å². The molecule has 5 atom stereocenters. The van der Waals surface area contributed by atoms with E-state index >= 15 is 0 Å². The van der Waals surface area contributed by atoms with Crippen LogP contribution in [0.3, 0.4) is 0 Å². The number of aliphatic hydroxyl groups excluding tert-OH is 1. The Hall–Kier alpha value is -1.16. The van der Waals surface area contributed by atoms with Crippen molar-refractivity contribution in [3.8, 4) is 0 Å². The number of hydrogen-bond acceptors (Lipinski definition) is 3. The minimum absolute atomic E-state index is 0.140. The van der Waals surface area contributed by atoms with Crippen LogP contribution in [0.15, 0.2) is 48.6 Å². The van der Waals surface area contributed by atoms with E-state index in [0.29, 0.717) is 18.8 Å². The van der Waals surface area contributed by atoms with Gasteiger partial charge < -0.3 is 14.9 Å². The second-order valence-corrected chi connectivity index (χ2v) is 7.53. The van der Waals surface area contributed by atoms with E-state index in [1.54, 1.807) is 6.92 Å². The number of unbranched alkanes of at least 4 members (excludes halogenated alkanes) is 1. The van der Waals surface area contributed by atoms with Crippen LogP contribution in [0.4, 0.5) is 0 Å². The molecule has 3 nitrogen and oxygen atoms in total. The molecule has 0 saturated carbocycles. The maximum absolute atomic E-state index is 10.2. The van der Waals surface area contributed by atoms with Gasteiger partial charge >= 0.3 is 0 Å². The molecule has 0 aromatic rings. The number of aliphatic hydroxyl groups is 2. The fourth-order valence-electron chi connectivity index (χ4n) is 3.14. The Balaban J connectivity index is 2.36. The lowest BCUT2D eigenvalue weighted by Gasteiger charge is -2.42. The van der Waals surface area contributed by atoms with Crippen LogP contribution >= 0.6 is 0 Å². The molecule has 1 rings (SSSR count). The molecule has 3 heteroatoms. The van der Waals surface area contributed by atoms with Gasteiger partial charge in [-0.2, -0.15) is 0 Å². The Labute approximate surface area is 153 Å². The Morgan fingerprint density at radius 1 is 1.36 bits per heavy atom. The van der Waals surface area contributed by atoms with Gasteiger partial charge in [0.15, 0.2) is 5.79 Å². The van der Waals surface area contributed by atoms with E-state index in [4.69, 9.17) is 4.74 Å². The molecule has 0 amide bonds. The van der Waals surface area contributed by atoms with E-state index < -0.39 is 11.9 Å². The van der Waals surface area contributed by atoms with Crippen molar-refractivity contribution in [3.05, 3.63) is 48.6 Å². The normalized spacial score (nSPS) is 32.4. The predicted molar refractivity (Wildman–Crippen MR) is 105 cm³/mol. The molecule has 2 N–H and O–H groups in total. The van der Waals surface area contributed by atoms with E-state index in [1.807, 2.05) is 25.2 Å². The first-order chi connectivity index (χ1) is 11.8. The predicted octanol–water partition coefficient (Wildman–Crippen LogP) is 4.92. The molecule has 142 valence electrons. The minimum atomic E-state index is -1.25. The number of hydrogen-bond donors (Lipinski definition) is 2. The third-order valence-corrected chi connectivity index (χ3v) is 4.93. The van der Waals surface area contributed by atoms with Gasteiger partial charge in [0.1, 0.15) is 0 Å². The van der Waals surface area contributed by atoms with Crippen molar-refractivity contribution in [2.45, 2.75) is 77.8 Å². The molecule has 1 saturated heterocycles. The molecule has 1 heterocycles. The van der Waals surface area contributed by atoms with Crippen LogP contribution in [0.2, 0.25) is 0 Å². The molecule has 0 spiro atoms. The van der Waals surface area contributed by atoms with E-state index in [9.17, 15) is 10.2 Å². The van der Waals surface area contributed by atoms with Crippen LogP contribution in [0.25, 0.3) is 0 Å². The average molecular weight is 349 g/mol. The lowest BCUT2D eigenvalue weighted by atomic mass is 9.87. The van der Waals surface area contributed by atoms with Gasteiger partial charge in [-0.1, -0.05) is 55.9 Å². The van der Waals surface area contributed by atoms with Crippen LogP contribution in [0.5, 0.6) is 0 Å². The summed E-state index contributed by atoms with van der Waals surface area (Å²) in [6, 6.07) is 0. The van der Waals surface area contributed by atoms with Crippen molar-refractivity contribution in [3.63, 3.8) is 0 Å². The number of rotatable bonds is 9. The highest BCUT2D eigenvalue weighted by Gasteiger charge is 2.42. The fraction of sp³-hybridized carbons (Fsp3) is 0.636. The summed E-state index contributed by atoms with van der Waals surface area (Å²) in [4.78, 5) is 0. The molecule has 1 aliphatic rings. The third-order valence-electron chi connectivity index (χ3n) is 4.93. The Kier molecular flexibility index (Phi) is 9.41. The highest BCUT2D eigenvalue weighted by molar-refractivity contribution is 5.08. The summed E-state index contributed by atoms with van der Waals surface area (Å²) in [6.45, 7) is 11.6. The molecule has 0 unspecified atom stereocenters. The zero-order valence-electron chi connectivity index (χ0n) is 16.3. The number of ether oxygens (including phenoxy) is 1. The van der Waals surface area contributed by atoms with Crippen LogP contribution in [-0.2, 0) is 4.74 Å². The van der Waals surface area contributed by atoms with Crippen LogP contribution in [0.1, 0.15) is 59.8 Å². The first-order valence-corrected chi connectivity index (χ1v) is 9.44. The largest absolute Gasteiger partial charge is 0.393 e. The molecule has 0 bridgehead atoms. The molecule has 0 radical (unpaired) electrons. The van der Waals surface area contributed by atoms with Crippen LogP contribution in [0, 0.1) is 11.8 Å². The van der Waals surface area contributed by atoms with Crippen LogP contribution < -0.4 is 0 Å². The monoisotopic (exact) mass is 348 g/mol. The Bertz CT molecular complexity index is 488. The second kappa shape index (κ2) is 10.7. The van der Waals surface area contributed by atoms with Crippen LogP contribution in [-0.4, -0.2) is 28.2 Å². The third kappa shape index (κ3) is 8.17. The second-order valence-electron chi connectivity index (χ2n) is 7.53. The van der Waals surface area contributed by atoms with Crippen molar-refractivity contribution < 1.29 is 14.9 Å². The molecule has 0 aromatic heterocycles. The first kappa shape index (κ1) is 21.9. The highest BCUT2D eigenvalue weighted by atomic mass is 16.6. The van der Waals surface area contributed by atoms with Crippen molar-refractivity contribution in [1.82, 2.24) is 0 Å². The Morgan fingerprint density at radius 3 is 2.72 bits per heavy atom. The van der Waals surface area contributed by atoms with Gasteiger partial charge in [0, 0.05) is 12.3 Å². The molecule has 25 heavy (non-hydrogen) atoms. The summed E-state index contributed by atoms with van der Waals surface area (Å²) < 4.78 is 5.69. The Morgan fingerprint density at radius 2 is 2.08 bits per heavy atom. The summed E-state index contributed by atoms with van der Waals surface area (Å²) in [5.74, 6) is -1.02. The standard InChI is InChI=1S/C22H36O3/c1-6-7-9-12-17(2)15-18(3)13-10-8-11-14-20-16-21(23)19(4)22(5,24)25-20/h6,8,10-13,18-21,23-24H,1,7,9,14-16H2,2-5H3/b11-8+,13-10+,17-12+/t18-,19+,20+,21-,22-/m1/s1. The molecule has 0 aromatic carbocycles. The van der Waals surface area contributed by atoms with Crippen molar-refractivity contribution in [2.75, 3.05) is 0 Å². The lowest BCUT2D eigenvalue weighted by molar-refractivity contribution is -0.290. The van der Waals surface area contributed by atoms with Gasteiger partial charge in [0.25, 0.3) is 0 Å². The van der Waals surface area contributed by atoms with Gasteiger partial charge in [-0.15, -0.1) is 6.58 Å². The van der Waals surface area contributed by atoms with Gasteiger partial charge in [-0.05, 0) is 45.4 Å². The van der Waals surface area contributed by atoms with E-state index in [2.05, 4.69) is 38.7 Å². The number of allylic oxidation sites excluding steroid dienone is 6. The molecular weight excluding hydrogens is 312 g/mol. The average Bonchev–Trinajstić information content (AvgIpc) is 2.52. The quantitative estimate of drug-likeness (QED) is 0.353. The SMILES string of the molecule is C=CCC/C=C(\C)C[C@H](C)/C=C/C=C/C[C@H]1C[C@@H](O)[C@H](C)[C@](C)(O)O1. The van der Waals surface area contributed by atoms with Gasteiger partial charge in [0.2, 0.25) is 0 Å². The molecular formula is C22H36O3. The summed E-state index contributed by atoms with van der Waals surface area (Å²) in [6.07, 6.45) is 16.4. The zero-order chi connectivity index (χ0) is 18.9. The van der Waals surface area contributed by atoms with Crippen molar-refractivity contribution in [2.24, 2.45) is 11.8 Å². The van der Waals surface area contributed by atoms with Crippen molar-refractivity contribution >= 4 is 0 Å². The van der Waals surface area contributed by atoms with E-state index in [-0.39, 0.29) is 12.0 Å². The maximum atomic E-state index is 10.2. The molecule has 0 aliphatic carbocycles. The molecule has 1 fully saturated rings. The van der Waals surface area contributed by atoms with Gasteiger partial charge in [-0.3, -0.25) is 0 Å². The fourth-order valence-corrected chi connectivity index (χ4v) is 3.14. The first-order valence-electron chi connectivity index (χ1n) is 9.44. The zero-order valence-corrected chi connectivity index (χ0v) is 16.3. The molecule has 1 aliphatic heterocycles. The summed E-state index contributed by atoms with van der Waals surface area (Å²) in [7, 11) is 0. The topological polar surface area (TPSA) is 49.7 Å². The summed E-state index contributed by atoms with van der Waals surface area (Å²) >= 11 is 0. The van der Waals surface area contributed by atoms with Crippen molar-refractivity contribution in [1.29, 1.82) is 0 Å². The highest BCUT2D eigenvalue weighted by Crippen LogP contribution is 2.33. The van der Waals surface area contributed by atoms with E-state index in [1.165, 1.54) is 5.57 Å². The lowest BCUT2D eigenvalue weighted by Crippen LogP contribution is -2.50.